The molecule has 0 saturated heterocycles. The van der Waals surface area contributed by atoms with Crippen LogP contribution in [0.5, 0.6) is 0 Å². The van der Waals surface area contributed by atoms with Crippen molar-refractivity contribution in [2.45, 2.75) is 52.0 Å². The molecule has 5 rings (SSSR count). The van der Waals surface area contributed by atoms with Crippen molar-refractivity contribution in [1.82, 2.24) is 50.5 Å². The monoisotopic (exact) mass is 936 g/mol. The molecule has 0 saturated carbocycles. The summed E-state index contributed by atoms with van der Waals surface area (Å²) >= 11 is 4.17. The van der Waals surface area contributed by atoms with Crippen molar-refractivity contribution in [3.05, 3.63) is 102 Å². The number of nitrogens with zero attached hydrogens (tertiary/aromatic N) is 5. The van der Waals surface area contributed by atoms with Gasteiger partial charge in [0.05, 0.1) is 45.1 Å². The van der Waals surface area contributed by atoms with E-state index in [4.69, 9.17) is 11.1 Å². The van der Waals surface area contributed by atoms with Crippen molar-refractivity contribution < 1.29 is 28.8 Å². The first kappa shape index (κ1) is 51.3. The predicted molar refractivity (Wildman–Crippen MR) is 262 cm³/mol. The molecule has 0 aliphatic rings. The van der Waals surface area contributed by atoms with Gasteiger partial charge in [0.2, 0.25) is 35.4 Å². The Morgan fingerprint density at radius 1 is 0.672 bits per heavy atom. The van der Waals surface area contributed by atoms with E-state index in [1.165, 1.54) is 19.6 Å². The second-order valence-electron chi connectivity index (χ2n) is 16.3. The third kappa shape index (κ3) is 16.6. The van der Waals surface area contributed by atoms with E-state index in [1.807, 2.05) is 67.8 Å². The number of aromatic amines is 2. The van der Waals surface area contributed by atoms with Gasteiger partial charge in [-0.2, -0.15) is 12.6 Å². The first-order valence-electron chi connectivity index (χ1n) is 22.7. The number of hydrogen-bond acceptors (Lipinski definition) is 10. The van der Waals surface area contributed by atoms with Crippen molar-refractivity contribution in [3.8, 4) is 0 Å². The van der Waals surface area contributed by atoms with Crippen molar-refractivity contribution in [2.24, 2.45) is 5.73 Å². The smallest absolute Gasteiger partial charge is 0.242 e. The summed E-state index contributed by atoms with van der Waals surface area (Å²) in [5.41, 5.74) is 10.1. The predicted octanol–water partition coefficient (Wildman–Crippen LogP) is 2.61. The summed E-state index contributed by atoms with van der Waals surface area (Å²) in [5.74, 6) is -2.34. The highest BCUT2D eigenvalue weighted by Crippen LogP contribution is 2.20. The fourth-order valence-corrected chi connectivity index (χ4v) is 7.69. The molecule has 5 aromatic rings. The van der Waals surface area contributed by atoms with E-state index in [9.17, 15) is 28.8 Å². The highest BCUT2D eigenvalue weighted by atomic mass is 32.1. The van der Waals surface area contributed by atoms with Crippen LogP contribution < -0.4 is 21.7 Å². The number of carbonyl (C=O) groups excluding carboxylic acids is 6. The van der Waals surface area contributed by atoms with Crippen LogP contribution in [0.2, 0.25) is 0 Å². The average Bonchev–Trinajstić information content (AvgIpc) is 3.95. The number of nitrogens with two attached hydrogens (primary N) is 1. The van der Waals surface area contributed by atoms with Crippen molar-refractivity contribution in [2.75, 3.05) is 77.7 Å². The largest absolute Gasteiger partial charge is 0.388 e. The van der Waals surface area contributed by atoms with Crippen LogP contribution in [0.15, 0.2) is 85.5 Å². The van der Waals surface area contributed by atoms with Crippen LogP contribution >= 0.6 is 12.6 Å². The molecule has 0 fully saturated rings. The molecule has 3 aromatic heterocycles. The molecular weight excluding hydrogens is 873 g/mol. The van der Waals surface area contributed by atoms with E-state index in [-0.39, 0.29) is 70.0 Å². The highest BCUT2D eigenvalue weighted by molar-refractivity contribution is 7.80. The molecule has 358 valence electrons. The number of nitrogens with one attached hydrogen (secondary N) is 6. The summed E-state index contributed by atoms with van der Waals surface area (Å²) in [7, 11) is 0. The van der Waals surface area contributed by atoms with Crippen LogP contribution in [0.3, 0.4) is 0 Å². The number of rotatable bonds is 29. The third-order valence-electron chi connectivity index (χ3n) is 11.2. The lowest BCUT2D eigenvalue weighted by Crippen LogP contribution is -2.51. The molecule has 8 N–H and O–H groups in total. The molecule has 3 heterocycles. The van der Waals surface area contributed by atoms with Gasteiger partial charge in [0.25, 0.3) is 0 Å². The lowest BCUT2D eigenvalue weighted by Gasteiger charge is -2.30. The van der Waals surface area contributed by atoms with E-state index < -0.39 is 36.7 Å². The molecule has 6 amide bonds. The lowest BCUT2D eigenvalue weighted by atomic mass is 10.1. The summed E-state index contributed by atoms with van der Waals surface area (Å²) in [4.78, 5) is 98.7. The van der Waals surface area contributed by atoms with Gasteiger partial charge < -0.3 is 51.3 Å². The number of fused-ring (bicyclic) bond motifs is 2. The average molecular weight is 937 g/mol. The maximum atomic E-state index is 14.5. The van der Waals surface area contributed by atoms with Gasteiger partial charge in [-0.3, -0.25) is 39.2 Å². The first-order valence-corrected chi connectivity index (χ1v) is 23.4. The summed E-state index contributed by atoms with van der Waals surface area (Å²) in [5, 5.41) is 18.2. The first-order chi connectivity index (χ1) is 32.4. The minimum Gasteiger partial charge on any atom is -0.388 e. The summed E-state index contributed by atoms with van der Waals surface area (Å²) in [6, 6.07) is 19.1. The van der Waals surface area contributed by atoms with Gasteiger partial charge in [-0.25, -0.2) is 0 Å². The van der Waals surface area contributed by atoms with Crippen LogP contribution in [0.25, 0.3) is 21.8 Å². The SMILES string of the molecule is CCCNCC(=O)N(CCc1c[nH]c2ccccc12)CC(=O)NCC(=O)N(CCCCC(=N)N)CC(=O)N(CCc1c[nH]c2ccccc12)CC(=O)N(CC(=O)NCCS)Cc1cccnc1. The van der Waals surface area contributed by atoms with Crippen LogP contribution in [0.4, 0.5) is 0 Å². The Bertz CT molecular complexity index is 2420. The quantitative estimate of drug-likeness (QED) is 0.0152. The zero-order valence-electron chi connectivity index (χ0n) is 38.2. The number of amidine groups is 1. The fourth-order valence-electron chi connectivity index (χ4n) is 7.58. The van der Waals surface area contributed by atoms with Crippen LogP contribution in [-0.2, 0) is 48.2 Å². The van der Waals surface area contributed by atoms with E-state index in [0.717, 1.165) is 39.4 Å². The van der Waals surface area contributed by atoms with Crippen LogP contribution in [0, 0.1) is 5.41 Å². The second-order valence-corrected chi connectivity index (χ2v) is 16.7. The Balaban J connectivity index is 1.31. The molecule has 0 bridgehead atoms. The Hall–Kier alpha value is -6.73. The maximum absolute atomic E-state index is 14.5. The highest BCUT2D eigenvalue weighted by Gasteiger charge is 2.27. The molecule has 67 heavy (non-hydrogen) atoms. The van der Waals surface area contributed by atoms with Crippen LogP contribution in [0.1, 0.15) is 49.3 Å². The number of hydrogen-bond donors (Lipinski definition) is 8. The molecule has 0 radical (unpaired) electrons. The second kappa shape index (κ2) is 27.0. The minimum absolute atomic E-state index is 0.00739. The molecule has 18 nitrogen and oxygen atoms in total. The maximum Gasteiger partial charge on any atom is 0.242 e. The number of aromatic nitrogens is 3. The van der Waals surface area contributed by atoms with Gasteiger partial charge in [0.1, 0.15) is 0 Å². The zero-order chi connectivity index (χ0) is 48.0. The lowest BCUT2D eigenvalue weighted by molar-refractivity contribution is -0.145. The van der Waals surface area contributed by atoms with Gasteiger partial charge in [-0.1, -0.05) is 49.4 Å². The molecular formula is C48H64N12O6S. The fraction of sp³-hybridized carbons (Fsp3) is 0.417. The van der Waals surface area contributed by atoms with E-state index >= 15 is 0 Å². The van der Waals surface area contributed by atoms with Gasteiger partial charge in [-0.05, 0) is 73.5 Å². The molecule has 0 spiro atoms. The molecule has 0 unspecified atom stereocenters. The summed E-state index contributed by atoms with van der Waals surface area (Å²) in [6.45, 7) is 1.71. The molecule has 0 aliphatic carbocycles. The van der Waals surface area contributed by atoms with E-state index in [1.54, 1.807) is 24.5 Å². The third-order valence-corrected chi connectivity index (χ3v) is 11.4. The van der Waals surface area contributed by atoms with Crippen LogP contribution in [-0.4, -0.2) is 154 Å². The number of carbonyl (C=O) groups is 6. The van der Waals surface area contributed by atoms with Gasteiger partial charge in [-0.15, -0.1) is 0 Å². The van der Waals surface area contributed by atoms with E-state index in [0.29, 0.717) is 56.5 Å². The number of benzene rings is 2. The summed E-state index contributed by atoms with van der Waals surface area (Å²) < 4.78 is 0. The van der Waals surface area contributed by atoms with Gasteiger partial charge in [0, 0.05) is 91.5 Å². The Morgan fingerprint density at radius 3 is 1.84 bits per heavy atom. The van der Waals surface area contributed by atoms with Crippen molar-refractivity contribution >= 4 is 75.7 Å². The number of H-pyrrole nitrogens is 2. The molecule has 2 aromatic carbocycles. The molecule has 19 heteroatoms. The van der Waals surface area contributed by atoms with Crippen molar-refractivity contribution in [1.29, 1.82) is 5.41 Å². The minimum atomic E-state index is -0.548. The van der Waals surface area contributed by atoms with Gasteiger partial charge >= 0.3 is 0 Å². The standard InChI is InChI=1S/C48H64N12O6S/c1-2-18-51-28-45(63)58(22-16-36-26-54-40-13-5-3-11-38(36)40)31-44(62)56-29-46(64)57(21-8-7-15-42(49)50)33-47(65)59(23-17-37-27-55-41-14-6-4-12-39(37)41)34-48(66)60(32-43(61)53-20-24-67)30-35-10-9-19-52-25-35/h3-6,9-14,19,25-27,51,54-55,67H,2,7-8,15-18,20-24,28-34H2,1H3,(H3,49,50)(H,53,61)(H,56,62). The zero-order valence-corrected chi connectivity index (χ0v) is 39.1. The topological polar surface area (TPSA) is 246 Å². The molecule has 0 aliphatic heterocycles. The Morgan fingerprint density at radius 2 is 1.24 bits per heavy atom. The van der Waals surface area contributed by atoms with E-state index in [2.05, 4.69) is 43.5 Å². The number of thiol groups is 1. The van der Waals surface area contributed by atoms with Gasteiger partial charge in [0.15, 0.2) is 0 Å². The number of amides is 6. The normalized spacial score (nSPS) is 11.0. The number of para-hydroxylation sites is 2. The number of unbranched alkanes of at least 4 members (excludes halogenated alkanes) is 1. The number of pyridine rings is 1. The summed E-state index contributed by atoms with van der Waals surface area (Å²) in [6.07, 6.45) is 9.84. The molecule has 0 atom stereocenters. The Kier molecular flexibility index (Phi) is 20.7. The van der Waals surface area contributed by atoms with Crippen molar-refractivity contribution in [3.63, 3.8) is 0 Å². The Labute approximate surface area is 396 Å².